The highest BCUT2D eigenvalue weighted by Crippen LogP contribution is 2.35. The summed E-state index contributed by atoms with van der Waals surface area (Å²) in [5.41, 5.74) is 0.471. The van der Waals surface area contributed by atoms with Gasteiger partial charge in [-0.1, -0.05) is 0 Å². The van der Waals surface area contributed by atoms with Gasteiger partial charge in [0, 0.05) is 25.8 Å². The molecule has 1 saturated heterocycles. The zero-order valence-corrected chi connectivity index (χ0v) is 11.4. The second kappa shape index (κ2) is 5.61. The molecule has 1 aromatic heterocycles. The highest BCUT2D eigenvalue weighted by Gasteiger charge is 2.23. The topological polar surface area (TPSA) is 71.3 Å². The largest absolute Gasteiger partial charge is 0.366 e. The van der Waals surface area contributed by atoms with E-state index in [9.17, 15) is 14.5 Å². The summed E-state index contributed by atoms with van der Waals surface area (Å²) in [6.07, 6.45) is 2.43. The van der Waals surface area contributed by atoms with Crippen LogP contribution in [0.2, 0.25) is 0 Å². The zero-order chi connectivity index (χ0) is 14.8. The highest BCUT2D eigenvalue weighted by atomic mass is 19.1. The van der Waals surface area contributed by atoms with Crippen LogP contribution in [-0.2, 0) is 0 Å². The first-order valence-corrected chi connectivity index (χ1v) is 6.86. The number of non-ortho nitro benzene ring substituents is 1. The maximum Gasteiger partial charge on any atom is 0.281 e. The van der Waals surface area contributed by atoms with E-state index in [1.165, 1.54) is 6.20 Å². The summed E-state index contributed by atoms with van der Waals surface area (Å²) >= 11 is 0. The van der Waals surface area contributed by atoms with Crippen LogP contribution in [0.15, 0.2) is 24.4 Å². The van der Waals surface area contributed by atoms with Gasteiger partial charge < -0.3 is 10.2 Å². The number of pyridine rings is 1. The fraction of sp³-hybridized carbons (Fsp3) is 0.357. The van der Waals surface area contributed by atoms with Crippen molar-refractivity contribution in [2.24, 2.45) is 0 Å². The molecular weight excluding hydrogens is 275 g/mol. The van der Waals surface area contributed by atoms with E-state index in [0.29, 0.717) is 29.7 Å². The molecule has 1 aliphatic rings. The van der Waals surface area contributed by atoms with Crippen molar-refractivity contribution in [3.05, 3.63) is 40.3 Å². The molecule has 2 heterocycles. The van der Waals surface area contributed by atoms with Gasteiger partial charge in [0.1, 0.15) is 11.2 Å². The number of benzene rings is 1. The third-order valence-corrected chi connectivity index (χ3v) is 3.65. The third-order valence-electron chi connectivity index (χ3n) is 3.65. The molecular formula is C14H15FN4O2. The molecule has 1 N–H and O–H groups in total. The van der Waals surface area contributed by atoms with Crippen LogP contribution in [0.5, 0.6) is 0 Å². The molecule has 0 bridgehead atoms. The van der Waals surface area contributed by atoms with Crippen LogP contribution < -0.4 is 10.2 Å². The van der Waals surface area contributed by atoms with Gasteiger partial charge in [-0.05, 0) is 25.1 Å². The van der Waals surface area contributed by atoms with Gasteiger partial charge in [-0.15, -0.1) is 0 Å². The quantitative estimate of drug-likeness (QED) is 0.677. The Morgan fingerprint density at radius 1 is 1.38 bits per heavy atom. The maximum atomic E-state index is 14.5. The highest BCUT2D eigenvalue weighted by molar-refractivity contribution is 5.97. The van der Waals surface area contributed by atoms with E-state index in [0.717, 1.165) is 25.6 Å². The van der Waals surface area contributed by atoms with E-state index in [2.05, 4.69) is 10.3 Å². The van der Waals surface area contributed by atoms with Gasteiger partial charge in [0.2, 0.25) is 0 Å². The zero-order valence-electron chi connectivity index (χ0n) is 11.4. The lowest BCUT2D eigenvalue weighted by Crippen LogP contribution is -2.29. The van der Waals surface area contributed by atoms with Gasteiger partial charge in [-0.2, -0.15) is 0 Å². The van der Waals surface area contributed by atoms with E-state index in [1.54, 1.807) is 12.1 Å². The monoisotopic (exact) mass is 290 g/mol. The Labute approximate surface area is 120 Å². The Kier molecular flexibility index (Phi) is 3.66. The number of nitrogens with zero attached hydrogens (tertiary/aromatic N) is 3. The molecule has 6 nitrogen and oxygen atoms in total. The van der Waals surface area contributed by atoms with Crippen LogP contribution in [0, 0.1) is 15.9 Å². The molecule has 1 fully saturated rings. The molecule has 0 aliphatic carbocycles. The van der Waals surface area contributed by atoms with E-state index in [-0.39, 0.29) is 5.69 Å². The number of rotatable bonds is 2. The first-order valence-electron chi connectivity index (χ1n) is 6.86. The Morgan fingerprint density at radius 2 is 2.24 bits per heavy atom. The molecule has 1 aliphatic heterocycles. The smallest absolute Gasteiger partial charge is 0.281 e. The Bertz CT molecular complexity index is 684. The average molecular weight is 290 g/mol. The lowest BCUT2D eigenvalue weighted by molar-refractivity contribution is -0.383. The number of nitro groups is 1. The molecule has 3 rings (SSSR count). The van der Waals surface area contributed by atoms with Crippen molar-refractivity contribution in [3.8, 4) is 0 Å². The lowest BCUT2D eigenvalue weighted by atomic mass is 10.1. The summed E-state index contributed by atoms with van der Waals surface area (Å²) in [4.78, 5) is 16.6. The predicted molar refractivity (Wildman–Crippen MR) is 78.1 cm³/mol. The fourth-order valence-electron chi connectivity index (χ4n) is 2.70. The van der Waals surface area contributed by atoms with Gasteiger partial charge in [0.25, 0.3) is 5.69 Å². The number of hydrogen-bond donors (Lipinski definition) is 1. The second-order valence-corrected chi connectivity index (χ2v) is 4.97. The summed E-state index contributed by atoms with van der Waals surface area (Å²) < 4.78 is 14.5. The molecule has 0 radical (unpaired) electrons. The van der Waals surface area contributed by atoms with Crippen LogP contribution in [0.3, 0.4) is 0 Å². The van der Waals surface area contributed by atoms with Gasteiger partial charge in [0.05, 0.1) is 16.4 Å². The maximum absolute atomic E-state index is 14.5. The molecule has 0 unspecified atom stereocenters. The van der Waals surface area contributed by atoms with Crippen molar-refractivity contribution < 1.29 is 9.31 Å². The van der Waals surface area contributed by atoms with Crippen LogP contribution in [0.1, 0.15) is 6.42 Å². The van der Waals surface area contributed by atoms with Crippen LogP contribution >= 0.6 is 0 Å². The van der Waals surface area contributed by atoms with Crippen molar-refractivity contribution in [2.75, 3.05) is 31.1 Å². The molecule has 0 atom stereocenters. The van der Waals surface area contributed by atoms with E-state index in [1.807, 2.05) is 4.90 Å². The first-order chi connectivity index (χ1) is 10.2. The summed E-state index contributed by atoms with van der Waals surface area (Å²) in [5.74, 6) is -0.588. The van der Waals surface area contributed by atoms with Crippen molar-refractivity contribution in [2.45, 2.75) is 6.42 Å². The normalized spacial score (nSPS) is 16.0. The summed E-state index contributed by atoms with van der Waals surface area (Å²) in [6, 6.07) is 4.23. The second-order valence-electron chi connectivity index (χ2n) is 4.97. The minimum Gasteiger partial charge on any atom is -0.366 e. The average Bonchev–Trinajstić information content (AvgIpc) is 2.75. The van der Waals surface area contributed by atoms with Crippen LogP contribution in [0.25, 0.3) is 10.9 Å². The molecule has 110 valence electrons. The van der Waals surface area contributed by atoms with Gasteiger partial charge in [-0.25, -0.2) is 4.39 Å². The molecule has 1 aromatic carbocycles. The lowest BCUT2D eigenvalue weighted by Gasteiger charge is -2.23. The predicted octanol–water partition coefficient (Wildman–Crippen LogP) is 2.08. The third kappa shape index (κ3) is 2.52. The first kappa shape index (κ1) is 13.7. The van der Waals surface area contributed by atoms with Crippen molar-refractivity contribution in [1.29, 1.82) is 0 Å². The van der Waals surface area contributed by atoms with E-state index in [4.69, 9.17) is 0 Å². The molecule has 21 heavy (non-hydrogen) atoms. The fourth-order valence-corrected chi connectivity index (χ4v) is 2.70. The van der Waals surface area contributed by atoms with Crippen molar-refractivity contribution in [3.63, 3.8) is 0 Å². The van der Waals surface area contributed by atoms with Crippen LogP contribution in [-0.4, -0.2) is 36.1 Å². The molecule has 0 saturated carbocycles. The van der Waals surface area contributed by atoms with Gasteiger partial charge >= 0.3 is 0 Å². The summed E-state index contributed by atoms with van der Waals surface area (Å²) in [5, 5.41) is 14.7. The van der Waals surface area contributed by atoms with E-state index < -0.39 is 10.7 Å². The molecule has 7 heteroatoms. The Morgan fingerprint density at radius 3 is 3.05 bits per heavy atom. The number of nitro benzene ring substituents is 1. The number of nitrogens with one attached hydrogen (secondary N) is 1. The number of fused-ring (bicyclic) bond motifs is 1. The van der Waals surface area contributed by atoms with Crippen LogP contribution in [0.4, 0.5) is 15.8 Å². The molecule has 0 amide bonds. The summed E-state index contributed by atoms with van der Waals surface area (Å²) in [7, 11) is 0. The van der Waals surface area contributed by atoms with Gasteiger partial charge in [0.15, 0.2) is 5.82 Å². The molecule has 0 spiro atoms. The number of halogens is 1. The van der Waals surface area contributed by atoms with Gasteiger partial charge in [-0.3, -0.25) is 15.1 Å². The SMILES string of the molecule is O=[N+]([O-])c1cc(F)c(N2CCCNCC2)c2ncccc12. The minimum atomic E-state index is -0.588. The number of aromatic nitrogens is 1. The van der Waals surface area contributed by atoms with E-state index >= 15 is 0 Å². The molecule has 2 aromatic rings. The standard InChI is InChI=1S/C14H15FN4O2/c15-11-9-12(19(20)21)10-3-1-5-17-13(10)14(11)18-7-2-4-16-6-8-18/h1,3,5,9,16H,2,4,6-8H2. The number of hydrogen-bond acceptors (Lipinski definition) is 5. The Balaban J connectivity index is 2.20. The van der Waals surface area contributed by atoms with Crippen molar-refractivity contribution in [1.82, 2.24) is 10.3 Å². The summed E-state index contributed by atoms with van der Waals surface area (Å²) in [6.45, 7) is 3.00. The minimum absolute atomic E-state index is 0.243. The Hall–Kier alpha value is -2.28. The van der Waals surface area contributed by atoms with Crippen molar-refractivity contribution >= 4 is 22.3 Å². The number of anilines is 1.